The molecule has 0 saturated heterocycles. The molecule has 0 bridgehead atoms. The van der Waals surface area contributed by atoms with Crippen LogP contribution in [0.15, 0.2) is 36.4 Å². The number of phenols is 1. The Morgan fingerprint density at radius 1 is 1.24 bits per heavy atom. The minimum absolute atomic E-state index is 0.0331. The minimum Gasteiger partial charge on any atom is -0.507 e. The van der Waals surface area contributed by atoms with Crippen LogP contribution in [0.5, 0.6) is 11.5 Å². The van der Waals surface area contributed by atoms with Crippen LogP contribution in [-0.4, -0.2) is 22.1 Å². The van der Waals surface area contributed by atoms with Gasteiger partial charge in [-0.25, -0.2) is 9.18 Å². The van der Waals surface area contributed by atoms with E-state index in [1.165, 1.54) is 18.2 Å². The fourth-order valence-electron chi connectivity index (χ4n) is 2.44. The number of phenolic OH excluding ortho intramolecular Hbond substituents is 1. The molecule has 3 rings (SSSR count). The van der Waals surface area contributed by atoms with E-state index in [4.69, 9.17) is 10.5 Å². The molecule has 2 aromatic carbocycles. The second-order valence-electron chi connectivity index (χ2n) is 5.16. The van der Waals surface area contributed by atoms with Crippen LogP contribution in [0.4, 0.5) is 4.39 Å². The third-order valence-corrected chi connectivity index (χ3v) is 4.76. The second kappa shape index (κ2) is 6.40. The first-order valence-corrected chi connectivity index (χ1v) is 7.89. The molecule has 25 heavy (non-hydrogen) atoms. The second-order valence-corrected chi connectivity index (χ2v) is 6.21. The van der Waals surface area contributed by atoms with E-state index in [2.05, 4.69) is 0 Å². The van der Waals surface area contributed by atoms with Crippen LogP contribution in [0.25, 0.3) is 10.1 Å². The zero-order chi connectivity index (χ0) is 18.1. The average Bonchev–Trinajstić information content (AvgIpc) is 2.93. The summed E-state index contributed by atoms with van der Waals surface area (Å²) in [6.07, 6.45) is 0. The standard InChI is InChI=1S/C17H12FNO5S/c18-11-6-8(4-5-9(11)16(19)21)24-7-10-14-12(20)2-1-3-13(14)25-15(10)17(22)23/h1-6,20H,7H2,(H2,19,21)(H,22,23). The molecule has 6 nitrogen and oxygen atoms in total. The van der Waals surface area contributed by atoms with Crippen LogP contribution in [0, 0.1) is 5.82 Å². The van der Waals surface area contributed by atoms with Gasteiger partial charge in [-0.1, -0.05) is 6.07 Å². The van der Waals surface area contributed by atoms with Gasteiger partial charge in [0, 0.05) is 21.7 Å². The van der Waals surface area contributed by atoms with Gasteiger partial charge in [0.05, 0.1) is 5.56 Å². The SMILES string of the molecule is NC(=O)c1ccc(OCc2c(C(=O)O)sc3cccc(O)c23)cc1F. The molecule has 128 valence electrons. The number of ether oxygens (including phenoxy) is 1. The van der Waals surface area contributed by atoms with Gasteiger partial charge in [-0.3, -0.25) is 4.79 Å². The van der Waals surface area contributed by atoms with Crippen molar-refractivity contribution >= 4 is 33.3 Å². The van der Waals surface area contributed by atoms with E-state index in [0.717, 1.165) is 17.4 Å². The van der Waals surface area contributed by atoms with Gasteiger partial charge in [0.1, 0.15) is 28.8 Å². The van der Waals surface area contributed by atoms with Gasteiger partial charge in [0.25, 0.3) is 5.91 Å². The van der Waals surface area contributed by atoms with Gasteiger partial charge in [-0.2, -0.15) is 0 Å². The van der Waals surface area contributed by atoms with Crippen LogP contribution in [0.1, 0.15) is 25.6 Å². The Kier molecular flexibility index (Phi) is 4.28. The number of hydrogen-bond donors (Lipinski definition) is 3. The number of carboxylic acids is 1. The first-order valence-electron chi connectivity index (χ1n) is 7.07. The third kappa shape index (κ3) is 3.11. The van der Waals surface area contributed by atoms with Crippen molar-refractivity contribution in [3.63, 3.8) is 0 Å². The molecule has 0 radical (unpaired) electrons. The molecule has 0 spiro atoms. The van der Waals surface area contributed by atoms with Crippen molar-refractivity contribution in [3.05, 3.63) is 58.2 Å². The molecule has 0 fully saturated rings. The lowest BCUT2D eigenvalue weighted by atomic mass is 10.1. The largest absolute Gasteiger partial charge is 0.507 e. The number of aromatic carboxylic acids is 1. The highest BCUT2D eigenvalue weighted by Crippen LogP contribution is 2.37. The molecule has 1 aromatic heterocycles. The number of carbonyl (C=O) groups excluding carboxylic acids is 1. The van der Waals surface area contributed by atoms with E-state index in [1.54, 1.807) is 12.1 Å². The third-order valence-electron chi connectivity index (χ3n) is 3.58. The summed E-state index contributed by atoms with van der Waals surface area (Å²) in [6, 6.07) is 8.30. The van der Waals surface area contributed by atoms with Gasteiger partial charge >= 0.3 is 5.97 Å². The summed E-state index contributed by atoms with van der Waals surface area (Å²) in [5.41, 5.74) is 5.07. The molecule has 8 heteroatoms. The van der Waals surface area contributed by atoms with E-state index >= 15 is 0 Å². The summed E-state index contributed by atoms with van der Waals surface area (Å²) in [4.78, 5) is 22.5. The highest BCUT2D eigenvalue weighted by atomic mass is 32.1. The monoisotopic (exact) mass is 361 g/mol. The summed E-state index contributed by atoms with van der Waals surface area (Å²) in [5.74, 6) is -2.83. The van der Waals surface area contributed by atoms with E-state index in [0.29, 0.717) is 15.6 Å². The molecule has 0 aliphatic carbocycles. The van der Waals surface area contributed by atoms with E-state index in [-0.39, 0.29) is 28.5 Å². The molecule has 0 aliphatic heterocycles. The van der Waals surface area contributed by atoms with E-state index < -0.39 is 17.7 Å². The molecule has 0 atom stereocenters. The molecular formula is C17H12FNO5S. The Morgan fingerprint density at radius 3 is 2.64 bits per heavy atom. The number of hydrogen-bond acceptors (Lipinski definition) is 5. The van der Waals surface area contributed by atoms with Crippen molar-refractivity contribution in [2.24, 2.45) is 5.73 Å². The quantitative estimate of drug-likeness (QED) is 0.647. The number of carbonyl (C=O) groups is 2. The Labute approximate surface area is 144 Å². The highest BCUT2D eigenvalue weighted by molar-refractivity contribution is 7.21. The van der Waals surface area contributed by atoms with Gasteiger partial charge in [-0.15, -0.1) is 11.3 Å². The maximum Gasteiger partial charge on any atom is 0.346 e. The number of amides is 1. The lowest BCUT2D eigenvalue weighted by Gasteiger charge is -2.08. The van der Waals surface area contributed by atoms with Crippen molar-refractivity contribution < 1.29 is 28.9 Å². The zero-order valence-corrected chi connectivity index (χ0v) is 13.5. The van der Waals surface area contributed by atoms with Crippen molar-refractivity contribution in [1.82, 2.24) is 0 Å². The maximum atomic E-state index is 13.8. The van der Waals surface area contributed by atoms with Crippen molar-refractivity contribution in [2.75, 3.05) is 0 Å². The summed E-state index contributed by atoms with van der Waals surface area (Å²) < 4.78 is 19.8. The van der Waals surface area contributed by atoms with Crippen LogP contribution in [0.3, 0.4) is 0 Å². The normalized spacial score (nSPS) is 10.8. The predicted octanol–water partition coefficient (Wildman–Crippen LogP) is 3.12. The van der Waals surface area contributed by atoms with Crippen molar-refractivity contribution in [3.8, 4) is 11.5 Å². The van der Waals surface area contributed by atoms with E-state index in [1.807, 2.05) is 0 Å². The Morgan fingerprint density at radius 2 is 2.00 bits per heavy atom. The van der Waals surface area contributed by atoms with Crippen molar-refractivity contribution in [2.45, 2.75) is 6.61 Å². The number of primary amides is 1. The molecule has 0 saturated carbocycles. The molecule has 3 aromatic rings. The summed E-state index contributed by atoms with van der Waals surface area (Å²) in [5, 5.41) is 19.8. The summed E-state index contributed by atoms with van der Waals surface area (Å²) in [6.45, 7) is -0.186. The summed E-state index contributed by atoms with van der Waals surface area (Å²) in [7, 11) is 0. The minimum atomic E-state index is -1.14. The topological polar surface area (TPSA) is 110 Å². The maximum absolute atomic E-state index is 13.8. The zero-order valence-electron chi connectivity index (χ0n) is 12.7. The number of benzene rings is 2. The lowest BCUT2D eigenvalue weighted by molar-refractivity contribution is 0.0699. The highest BCUT2D eigenvalue weighted by Gasteiger charge is 2.20. The molecular weight excluding hydrogens is 349 g/mol. The van der Waals surface area contributed by atoms with Gasteiger partial charge < -0.3 is 20.7 Å². The van der Waals surface area contributed by atoms with Crippen LogP contribution in [-0.2, 0) is 6.61 Å². The first kappa shape index (κ1) is 16.7. The number of carboxylic acid groups (broad SMARTS) is 1. The molecule has 0 unspecified atom stereocenters. The van der Waals surface area contributed by atoms with Gasteiger partial charge in [0.15, 0.2) is 0 Å². The fraction of sp³-hybridized carbons (Fsp3) is 0.0588. The lowest BCUT2D eigenvalue weighted by Crippen LogP contribution is -2.13. The molecule has 4 N–H and O–H groups in total. The molecule has 1 heterocycles. The smallest absolute Gasteiger partial charge is 0.346 e. The van der Waals surface area contributed by atoms with Gasteiger partial charge in [-0.05, 0) is 24.3 Å². The number of thiophene rings is 1. The fourth-order valence-corrected chi connectivity index (χ4v) is 3.51. The first-order chi connectivity index (χ1) is 11.9. The number of fused-ring (bicyclic) bond motifs is 1. The number of nitrogens with two attached hydrogens (primary N) is 1. The Hall–Kier alpha value is -3.13. The molecule has 1 amide bonds. The van der Waals surface area contributed by atoms with E-state index in [9.17, 15) is 24.2 Å². The summed E-state index contributed by atoms with van der Waals surface area (Å²) >= 11 is 1.02. The van der Waals surface area contributed by atoms with Crippen LogP contribution < -0.4 is 10.5 Å². The number of halogens is 1. The van der Waals surface area contributed by atoms with Crippen LogP contribution in [0.2, 0.25) is 0 Å². The Bertz CT molecular complexity index is 998. The Balaban J connectivity index is 1.96. The van der Waals surface area contributed by atoms with Gasteiger partial charge in [0.2, 0.25) is 0 Å². The predicted molar refractivity (Wildman–Crippen MR) is 89.7 cm³/mol. The molecule has 0 aliphatic rings. The van der Waals surface area contributed by atoms with Crippen LogP contribution >= 0.6 is 11.3 Å². The number of rotatable bonds is 5. The van der Waals surface area contributed by atoms with Crippen molar-refractivity contribution in [1.29, 1.82) is 0 Å². The average molecular weight is 361 g/mol. The number of aromatic hydroxyl groups is 1.